The van der Waals surface area contributed by atoms with Crippen molar-refractivity contribution >= 4 is 14.5 Å². The zero-order valence-corrected chi connectivity index (χ0v) is 18.6. The Morgan fingerprint density at radius 2 is 0.690 bits per heavy atom. The summed E-state index contributed by atoms with van der Waals surface area (Å²) in [7, 11) is -12.0. The molecule has 2 radical (unpaired) electrons. The second-order valence-corrected chi connectivity index (χ2v) is 5.63. The molecule has 170 valence electrons. The molecule has 0 saturated heterocycles. The molecule has 0 fully saturated rings. The fraction of sp³-hybridized carbons (Fsp3) is 0.312. The molecule has 0 amide bonds. The van der Waals surface area contributed by atoms with Gasteiger partial charge in [-0.1, -0.05) is 18.1 Å². The fourth-order valence-corrected chi connectivity index (χ4v) is 1.86. The quantitative estimate of drug-likeness (QED) is 0.189. The molecule has 0 heterocycles. The van der Waals surface area contributed by atoms with Gasteiger partial charge in [0.15, 0.2) is 0 Å². The number of phenolic OH excluding ortho intramolecular Hbond substituents is 2. The van der Waals surface area contributed by atoms with Crippen LogP contribution in [0, 0.1) is 5.92 Å². The van der Waals surface area contributed by atoms with Crippen molar-refractivity contribution < 1.29 is 64.8 Å². The Kier molecular flexibility index (Phi) is 15.2. The molecule has 0 spiro atoms. The Balaban J connectivity index is -0.000000323. The van der Waals surface area contributed by atoms with Gasteiger partial charge in [0.05, 0.1) is 0 Å². The Morgan fingerprint density at radius 3 is 0.793 bits per heavy atom. The van der Waals surface area contributed by atoms with Gasteiger partial charge in [-0.15, -0.1) is 0 Å². The number of allylic oxidation sites excluding steroid dienone is 4. The predicted octanol–water partition coefficient (Wildman–Crippen LogP) is 6.96. The number of hydrogen-bond acceptors (Lipinski definition) is 2. The molecule has 1 aromatic carbocycles. The van der Waals surface area contributed by atoms with E-state index in [-0.39, 0.29) is 31.6 Å². The monoisotopic (exact) mass is 612 g/mol. The summed E-state index contributed by atoms with van der Waals surface area (Å²) in [5.41, 5.74) is 5.87. The van der Waals surface area contributed by atoms with Gasteiger partial charge >= 0.3 is 14.5 Å². The third-order valence-corrected chi connectivity index (χ3v) is 3.66. The zero-order chi connectivity index (χ0) is 22.9. The summed E-state index contributed by atoms with van der Waals surface area (Å²) in [4.78, 5) is 0. The second-order valence-electron chi connectivity index (χ2n) is 5.63. The Bertz CT molecular complexity index is 602. The van der Waals surface area contributed by atoms with E-state index in [9.17, 15) is 34.5 Å². The van der Waals surface area contributed by atoms with Crippen molar-refractivity contribution in [2.45, 2.75) is 34.6 Å². The van der Waals surface area contributed by atoms with E-state index < -0.39 is 14.5 Å². The van der Waals surface area contributed by atoms with Crippen LogP contribution in [0.25, 0.3) is 0 Å². The maximum Gasteiger partial charge on any atom is 0.673 e. The summed E-state index contributed by atoms with van der Waals surface area (Å²) in [6.07, 6.45) is 0. The summed E-state index contributed by atoms with van der Waals surface area (Å²) in [5.74, 6) is 1.81. The second kappa shape index (κ2) is 13.7. The largest absolute Gasteiger partial charge is 0.673 e. The van der Waals surface area contributed by atoms with Crippen LogP contribution in [-0.2, 0) is 20.1 Å². The van der Waals surface area contributed by atoms with Crippen molar-refractivity contribution in [3.05, 3.63) is 52.5 Å². The molecule has 2 nitrogen and oxygen atoms in total. The normalized spacial score (nSPS) is 14.0. The number of aromatic hydroxyl groups is 2. The summed E-state index contributed by atoms with van der Waals surface area (Å²) in [6.45, 7) is 11.0. The van der Waals surface area contributed by atoms with Gasteiger partial charge in [0.1, 0.15) is 11.5 Å². The van der Waals surface area contributed by atoms with Crippen molar-refractivity contribution in [3.8, 4) is 11.5 Å². The van der Waals surface area contributed by atoms with E-state index in [2.05, 4.69) is 34.6 Å². The zero-order valence-electron chi connectivity index (χ0n) is 16.2. The van der Waals surface area contributed by atoms with Crippen LogP contribution in [0.3, 0.4) is 0 Å². The van der Waals surface area contributed by atoms with Crippen molar-refractivity contribution in [3.63, 3.8) is 0 Å². The molecule has 1 aromatic rings. The van der Waals surface area contributed by atoms with E-state index in [4.69, 9.17) is 10.2 Å². The molecule has 13 heteroatoms. The number of benzene rings is 1. The topological polar surface area (TPSA) is 40.5 Å². The van der Waals surface area contributed by atoms with Gasteiger partial charge in [0.25, 0.3) is 0 Å². The molecule has 1 aliphatic rings. The van der Waals surface area contributed by atoms with Crippen LogP contribution >= 0.6 is 0 Å². The molecule has 2 rings (SSSR count). The molecule has 0 aromatic heterocycles. The maximum atomic E-state index is 9.75. The van der Waals surface area contributed by atoms with E-state index in [0.29, 0.717) is 0 Å². The SMILES string of the molecule is C[C]1C(C)=C(C)C(C)=C1C.F[B-](F)(F)F.F[B-](F)(F)F.Oc1ccc(O)cc1.[Ir]. The smallest absolute Gasteiger partial charge is 0.508 e. The van der Waals surface area contributed by atoms with Gasteiger partial charge in [-0.25, -0.2) is 0 Å². The van der Waals surface area contributed by atoms with Crippen molar-refractivity contribution in [2.75, 3.05) is 0 Å². The van der Waals surface area contributed by atoms with Gasteiger partial charge in [0.2, 0.25) is 0 Å². The van der Waals surface area contributed by atoms with Crippen molar-refractivity contribution in [1.82, 2.24) is 0 Å². The van der Waals surface area contributed by atoms with Gasteiger partial charge in [-0.3, -0.25) is 0 Å². The van der Waals surface area contributed by atoms with Gasteiger partial charge in [-0.2, -0.15) is 0 Å². The van der Waals surface area contributed by atoms with Crippen LogP contribution in [0.2, 0.25) is 0 Å². The third kappa shape index (κ3) is 19.6. The van der Waals surface area contributed by atoms with Crippen LogP contribution in [0.4, 0.5) is 34.5 Å². The molecule has 1 aliphatic carbocycles. The van der Waals surface area contributed by atoms with Gasteiger partial charge in [-0.05, 0) is 63.1 Å². The van der Waals surface area contributed by atoms with E-state index in [1.54, 1.807) is 0 Å². The van der Waals surface area contributed by atoms with Gasteiger partial charge in [0, 0.05) is 26.0 Å². The standard InChI is InChI=1S/C10H15.C6H6O2.2BF4.Ir/c1-6-7(2)9(4)10(5)8(6)3;7-5-1-2-6(8)4-3-5;2*2-1(3,4)5;/h1-5H3;1-4,7-8H;;;/q;;2*-1;. The summed E-state index contributed by atoms with van der Waals surface area (Å²) in [6, 6.07) is 5.70. The number of rotatable bonds is 0. The Labute approximate surface area is 178 Å². The van der Waals surface area contributed by atoms with Crippen LogP contribution in [0.1, 0.15) is 34.6 Å². The first-order valence-electron chi connectivity index (χ1n) is 7.76. The average molecular weight is 611 g/mol. The molecule has 0 unspecified atom stereocenters. The van der Waals surface area contributed by atoms with Crippen LogP contribution in [-0.4, -0.2) is 24.7 Å². The molecule has 0 atom stereocenters. The van der Waals surface area contributed by atoms with Crippen molar-refractivity contribution in [1.29, 1.82) is 0 Å². The third-order valence-electron chi connectivity index (χ3n) is 3.66. The molecule has 2 N–H and O–H groups in total. The average Bonchev–Trinajstić information content (AvgIpc) is 2.66. The van der Waals surface area contributed by atoms with Crippen LogP contribution in [0.5, 0.6) is 11.5 Å². The molecular weight excluding hydrogens is 590 g/mol. The van der Waals surface area contributed by atoms with E-state index in [0.717, 1.165) is 0 Å². The fourth-order valence-electron chi connectivity index (χ4n) is 1.86. The number of halogens is 8. The maximum absolute atomic E-state index is 9.75. The Morgan fingerprint density at radius 1 is 0.517 bits per heavy atom. The molecular formula is C16H21B2F8IrO2-2. The molecule has 0 saturated carbocycles. The first-order valence-corrected chi connectivity index (χ1v) is 7.76. The number of hydrogen-bond donors (Lipinski definition) is 2. The Hall–Kier alpha value is -1.48. The summed E-state index contributed by atoms with van der Waals surface area (Å²) >= 11 is 0. The molecule has 0 bridgehead atoms. The minimum absolute atomic E-state index is 0. The van der Waals surface area contributed by atoms with Crippen molar-refractivity contribution in [2.24, 2.45) is 0 Å². The minimum Gasteiger partial charge on any atom is -0.508 e. The predicted molar refractivity (Wildman–Crippen MR) is 95.8 cm³/mol. The van der Waals surface area contributed by atoms with Gasteiger partial charge < -0.3 is 44.7 Å². The van der Waals surface area contributed by atoms with E-state index in [1.807, 2.05) is 0 Å². The summed E-state index contributed by atoms with van der Waals surface area (Å²) in [5, 5.41) is 17.3. The first kappa shape index (κ1) is 32.2. The van der Waals surface area contributed by atoms with E-state index in [1.165, 1.54) is 52.5 Å². The molecule has 29 heavy (non-hydrogen) atoms. The minimum atomic E-state index is -6.00. The van der Waals surface area contributed by atoms with E-state index >= 15 is 0 Å². The van der Waals surface area contributed by atoms with Crippen LogP contribution < -0.4 is 0 Å². The molecule has 0 aliphatic heterocycles. The number of phenols is 2. The van der Waals surface area contributed by atoms with Crippen LogP contribution in [0.15, 0.2) is 46.6 Å². The summed E-state index contributed by atoms with van der Waals surface area (Å²) < 4.78 is 78.0. The first-order chi connectivity index (χ1) is 12.3.